The molecular formula is C17H19N2O4-. The van der Waals surface area contributed by atoms with E-state index in [2.05, 4.69) is 10.6 Å². The zero-order valence-corrected chi connectivity index (χ0v) is 12.9. The van der Waals surface area contributed by atoms with E-state index in [4.69, 9.17) is 0 Å². The predicted octanol–water partition coefficient (Wildman–Crippen LogP) is 0.996. The fourth-order valence-corrected chi connectivity index (χ4v) is 4.07. The van der Waals surface area contributed by atoms with Crippen molar-refractivity contribution in [1.82, 2.24) is 0 Å². The second-order valence-electron chi connectivity index (χ2n) is 6.45. The van der Waals surface area contributed by atoms with Gasteiger partial charge in [-0.2, -0.15) is 0 Å². The largest absolute Gasteiger partial charge is 0.550 e. The molecule has 6 nitrogen and oxygen atoms in total. The quantitative estimate of drug-likeness (QED) is 0.866. The van der Waals surface area contributed by atoms with Crippen LogP contribution in [-0.4, -0.2) is 17.8 Å². The number of carboxylic acid groups (broad SMARTS) is 1. The van der Waals surface area contributed by atoms with Crippen molar-refractivity contribution in [3.05, 3.63) is 24.3 Å². The molecule has 0 aromatic heterocycles. The van der Waals surface area contributed by atoms with Gasteiger partial charge >= 0.3 is 0 Å². The van der Waals surface area contributed by atoms with Crippen molar-refractivity contribution in [2.45, 2.75) is 26.2 Å². The van der Waals surface area contributed by atoms with Crippen LogP contribution in [0.5, 0.6) is 0 Å². The number of amides is 2. The van der Waals surface area contributed by atoms with Crippen molar-refractivity contribution < 1.29 is 19.5 Å². The van der Waals surface area contributed by atoms with Crippen molar-refractivity contribution in [3.63, 3.8) is 0 Å². The minimum absolute atomic E-state index is 0.0721. The summed E-state index contributed by atoms with van der Waals surface area (Å²) in [5.74, 6) is -2.50. The van der Waals surface area contributed by atoms with Gasteiger partial charge in [0.25, 0.3) is 0 Å². The molecule has 2 aliphatic carbocycles. The summed E-state index contributed by atoms with van der Waals surface area (Å²) in [6.45, 7) is 1.42. The predicted molar refractivity (Wildman–Crippen MR) is 82.2 cm³/mol. The number of carbonyl (C=O) groups is 3. The highest BCUT2D eigenvalue weighted by atomic mass is 16.4. The van der Waals surface area contributed by atoms with Gasteiger partial charge in [-0.3, -0.25) is 9.59 Å². The number of carboxylic acids is 1. The Morgan fingerprint density at radius 2 is 1.48 bits per heavy atom. The average Bonchev–Trinajstić information content (AvgIpc) is 3.09. The number of benzene rings is 1. The molecule has 0 spiro atoms. The Hall–Kier alpha value is -2.37. The van der Waals surface area contributed by atoms with E-state index in [1.165, 1.54) is 6.92 Å². The molecule has 0 aliphatic heterocycles. The Labute approximate surface area is 134 Å². The van der Waals surface area contributed by atoms with Gasteiger partial charge in [0.1, 0.15) is 0 Å². The highest BCUT2D eigenvalue weighted by Gasteiger charge is 2.51. The first-order chi connectivity index (χ1) is 11.0. The van der Waals surface area contributed by atoms with Gasteiger partial charge in [-0.15, -0.1) is 0 Å². The van der Waals surface area contributed by atoms with Gasteiger partial charge in [0.05, 0.1) is 0 Å². The van der Waals surface area contributed by atoms with Crippen molar-refractivity contribution in [2.75, 3.05) is 10.6 Å². The summed E-state index contributed by atoms with van der Waals surface area (Å²) >= 11 is 0. The summed E-state index contributed by atoms with van der Waals surface area (Å²) in [6.07, 6.45) is 2.59. The second kappa shape index (κ2) is 6.02. The number of aliphatic carboxylic acids is 1. The summed E-state index contributed by atoms with van der Waals surface area (Å²) in [4.78, 5) is 34.9. The van der Waals surface area contributed by atoms with Crippen molar-refractivity contribution in [2.24, 2.45) is 23.7 Å². The fourth-order valence-electron chi connectivity index (χ4n) is 4.07. The maximum absolute atomic E-state index is 12.5. The molecule has 2 fully saturated rings. The molecule has 3 rings (SSSR count). The smallest absolute Gasteiger partial charge is 0.228 e. The number of anilines is 2. The zero-order valence-electron chi connectivity index (χ0n) is 12.9. The van der Waals surface area contributed by atoms with Gasteiger partial charge in [-0.05, 0) is 55.4 Å². The van der Waals surface area contributed by atoms with E-state index < -0.39 is 17.8 Å². The molecule has 2 bridgehead atoms. The van der Waals surface area contributed by atoms with Gasteiger partial charge in [0.15, 0.2) is 0 Å². The Bertz CT molecular complexity index is 640. The number of carbonyl (C=O) groups excluding carboxylic acids is 3. The molecule has 1 aromatic carbocycles. The lowest BCUT2D eigenvalue weighted by atomic mass is 9.78. The van der Waals surface area contributed by atoms with Crippen molar-refractivity contribution in [1.29, 1.82) is 0 Å². The molecule has 0 heterocycles. The number of hydrogen-bond donors (Lipinski definition) is 2. The lowest BCUT2D eigenvalue weighted by molar-refractivity contribution is -0.314. The monoisotopic (exact) mass is 315 g/mol. The van der Waals surface area contributed by atoms with E-state index in [9.17, 15) is 19.5 Å². The Morgan fingerprint density at radius 1 is 0.957 bits per heavy atom. The van der Waals surface area contributed by atoms with Gasteiger partial charge in [-0.1, -0.05) is 0 Å². The minimum atomic E-state index is -1.11. The summed E-state index contributed by atoms with van der Waals surface area (Å²) < 4.78 is 0. The van der Waals surface area contributed by atoms with Crippen LogP contribution in [0.1, 0.15) is 26.2 Å². The Kier molecular flexibility index (Phi) is 4.07. The molecule has 2 saturated carbocycles. The van der Waals surface area contributed by atoms with Crippen LogP contribution in [0.2, 0.25) is 0 Å². The fraction of sp³-hybridized carbons (Fsp3) is 0.471. The molecule has 23 heavy (non-hydrogen) atoms. The van der Waals surface area contributed by atoms with Crippen LogP contribution in [0.4, 0.5) is 11.4 Å². The SMILES string of the molecule is CC(=O)Nc1ccc(NC(=O)[C@H]2[C@@H]3CC[C@@H](C3)[C@@H]2C(=O)[O-])cc1. The first kappa shape index (κ1) is 15.5. The maximum atomic E-state index is 12.5. The van der Waals surface area contributed by atoms with Crippen LogP contribution in [-0.2, 0) is 14.4 Å². The highest BCUT2D eigenvalue weighted by molar-refractivity contribution is 5.96. The van der Waals surface area contributed by atoms with E-state index in [1.54, 1.807) is 24.3 Å². The molecule has 2 amide bonds. The molecule has 0 unspecified atom stereocenters. The summed E-state index contributed by atoms with van der Waals surface area (Å²) in [6, 6.07) is 6.75. The van der Waals surface area contributed by atoms with Gasteiger partial charge in [-0.25, -0.2) is 0 Å². The molecule has 6 heteroatoms. The third-order valence-electron chi connectivity index (χ3n) is 4.96. The van der Waals surface area contributed by atoms with Gasteiger partial charge in [0.2, 0.25) is 11.8 Å². The van der Waals surface area contributed by atoms with E-state index in [-0.39, 0.29) is 23.7 Å². The second-order valence-corrected chi connectivity index (χ2v) is 6.45. The lowest BCUT2D eigenvalue weighted by Crippen LogP contribution is -2.43. The maximum Gasteiger partial charge on any atom is 0.228 e. The molecule has 1 aromatic rings. The highest BCUT2D eigenvalue weighted by Crippen LogP contribution is 2.52. The third kappa shape index (κ3) is 3.06. The number of nitrogens with one attached hydrogen (secondary N) is 2. The molecule has 2 aliphatic rings. The molecule has 122 valence electrons. The normalized spacial score (nSPS) is 28.4. The summed E-state index contributed by atoms with van der Waals surface area (Å²) in [5.41, 5.74) is 1.23. The summed E-state index contributed by atoms with van der Waals surface area (Å²) in [5, 5.41) is 16.8. The lowest BCUT2D eigenvalue weighted by Gasteiger charge is -2.30. The van der Waals surface area contributed by atoms with E-state index in [1.807, 2.05) is 0 Å². The first-order valence-corrected chi connectivity index (χ1v) is 7.85. The van der Waals surface area contributed by atoms with Crippen LogP contribution in [0.3, 0.4) is 0 Å². The molecule has 0 saturated heterocycles. The standard InChI is InChI=1S/C17H20N2O4/c1-9(20)18-12-4-6-13(7-5-12)19-16(21)14-10-2-3-11(8-10)15(14)17(22)23/h4-7,10-11,14-15H,2-3,8H2,1H3,(H,18,20)(H,19,21)(H,22,23)/p-1/t10-,11+,14+,15+/m1/s1. The van der Waals surface area contributed by atoms with Crippen LogP contribution in [0.15, 0.2) is 24.3 Å². The Balaban J connectivity index is 1.69. The van der Waals surface area contributed by atoms with Crippen molar-refractivity contribution >= 4 is 29.2 Å². The van der Waals surface area contributed by atoms with E-state index in [0.717, 1.165) is 19.3 Å². The number of rotatable bonds is 4. The van der Waals surface area contributed by atoms with E-state index in [0.29, 0.717) is 11.4 Å². The number of hydrogen-bond acceptors (Lipinski definition) is 4. The molecule has 2 N–H and O–H groups in total. The minimum Gasteiger partial charge on any atom is -0.550 e. The third-order valence-corrected chi connectivity index (χ3v) is 4.96. The van der Waals surface area contributed by atoms with Gasteiger partial charge < -0.3 is 20.5 Å². The zero-order chi connectivity index (χ0) is 16.6. The Morgan fingerprint density at radius 3 is 2.00 bits per heavy atom. The molecule has 0 radical (unpaired) electrons. The van der Waals surface area contributed by atoms with Crippen LogP contribution in [0.25, 0.3) is 0 Å². The van der Waals surface area contributed by atoms with Crippen LogP contribution < -0.4 is 15.7 Å². The van der Waals surface area contributed by atoms with Crippen molar-refractivity contribution in [3.8, 4) is 0 Å². The van der Waals surface area contributed by atoms with E-state index >= 15 is 0 Å². The molecule has 4 atom stereocenters. The topological polar surface area (TPSA) is 98.3 Å². The van der Waals surface area contributed by atoms with Crippen LogP contribution >= 0.6 is 0 Å². The summed E-state index contributed by atoms with van der Waals surface area (Å²) in [7, 11) is 0. The molecular weight excluding hydrogens is 296 g/mol. The average molecular weight is 315 g/mol. The number of fused-ring (bicyclic) bond motifs is 2. The van der Waals surface area contributed by atoms with Gasteiger partial charge in [0, 0.05) is 36.1 Å². The first-order valence-electron chi connectivity index (χ1n) is 7.85. The van der Waals surface area contributed by atoms with Crippen LogP contribution in [0, 0.1) is 23.7 Å².